The topological polar surface area (TPSA) is 58.6 Å². The fraction of sp³-hybridized carbons (Fsp3) is 0.682. The van der Waals surface area contributed by atoms with Gasteiger partial charge in [0.15, 0.2) is 5.96 Å². The number of benzene rings is 1. The highest BCUT2D eigenvalue weighted by atomic mass is 127. The summed E-state index contributed by atoms with van der Waals surface area (Å²) in [6.45, 7) is 11.7. The summed E-state index contributed by atoms with van der Waals surface area (Å²) in [5.74, 6) is 3.41. The van der Waals surface area contributed by atoms with E-state index in [1.807, 2.05) is 24.3 Å². The van der Waals surface area contributed by atoms with Crippen molar-refractivity contribution in [3.05, 3.63) is 24.3 Å². The number of guanidine groups is 1. The first kappa shape index (κ1) is 25.0. The molecule has 1 aromatic rings. The van der Waals surface area contributed by atoms with Crippen molar-refractivity contribution >= 4 is 29.9 Å². The summed E-state index contributed by atoms with van der Waals surface area (Å²) in [5, 5.41) is 3.46. The maximum Gasteiger partial charge on any atom is 0.193 e. The van der Waals surface area contributed by atoms with Crippen LogP contribution in [0, 0.1) is 5.92 Å². The molecule has 1 N–H and O–H groups in total. The van der Waals surface area contributed by atoms with Crippen molar-refractivity contribution in [1.82, 2.24) is 15.1 Å². The van der Waals surface area contributed by atoms with E-state index < -0.39 is 0 Å². The summed E-state index contributed by atoms with van der Waals surface area (Å²) < 4.78 is 16.5. The van der Waals surface area contributed by atoms with Crippen molar-refractivity contribution in [3.63, 3.8) is 0 Å². The van der Waals surface area contributed by atoms with Crippen molar-refractivity contribution in [2.24, 2.45) is 10.9 Å². The van der Waals surface area contributed by atoms with E-state index in [2.05, 4.69) is 22.0 Å². The summed E-state index contributed by atoms with van der Waals surface area (Å²) in [7, 11) is 1.67. The highest BCUT2D eigenvalue weighted by molar-refractivity contribution is 14.0. The standard InChI is InChI=1S/C22H36N4O3.HI/c1-3-23-22(24-9-5-13-29-21-7-4-6-20(16-21)27-2)26-10-8-19(18-26)17-25-11-14-28-15-12-25;/h4,6-7,16,19H,3,5,8-15,17-18H2,1-2H3,(H,23,24);1H. The van der Waals surface area contributed by atoms with Crippen molar-refractivity contribution in [2.45, 2.75) is 19.8 Å². The van der Waals surface area contributed by atoms with Crippen LogP contribution in [0.4, 0.5) is 0 Å². The highest BCUT2D eigenvalue weighted by Crippen LogP contribution is 2.19. The van der Waals surface area contributed by atoms with Gasteiger partial charge in [-0.2, -0.15) is 0 Å². The van der Waals surface area contributed by atoms with E-state index >= 15 is 0 Å². The molecular formula is C22H37IN4O3. The molecule has 2 saturated heterocycles. The van der Waals surface area contributed by atoms with Crippen LogP contribution < -0.4 is 14.8 Å². The van der Waals surface area contributed by atoms with Gasteiger partial charge >= 0.3 is 0 Å². The molecule has 2 aliphatic rings. The first-order valence-electron chi connectivity index (χ1n) is 10.9. The largest absolute Gasteiger partial charge is 0.497 e. The number of ether oxygens (including phenoxy) is 3. The van der Waals surface area contributed by atoms with Crippen LogP contribution in [0.15, 0.2) is 29.3 Å². The third-order valence-electron chi connectivity index (χ3n) is 5.41. The van der Waals surface area contributed by atoms with Crippen molar-refractivity contribution in [1.29, 1.82) is 0 Å². The molecule has 0 radical (unpaired) electrons. The third kappa shape index (κ3) is 8.11. The number of hydrogen-bond donors (Lipinski definition) is 1. The molecule has 0 spiro atoms. The van der Waals surface area contributed by atoms with E-state index in [0.717, 1.165) is 76.4 Å². The van der Waals surface area contributed by atoms with E-state index in [0.29, 0.717) is 12.5 Å². The molecule has 0 saturated carbocycles. The van der Waals surface area contributed by atoms with Crippen LogP contribution >= 0.6 is 24.0 Å². The van der Waals surface area contributed by atoms with Gasteiger partial charge in [-0.25, -0.2) is 0 Å². The van der Waals surface area contributed by atoms with Crippen LogP contribution in [0.25, 0.3) is 0 Å². The average Bonchev–Trinajstić information content (AvgIpc) is 3.22. The maximum absolute atomic E-state index is 5.82. The van der Waals surface area contributed by atoms with E-state index in [4.69, 9.17) is 19.2 Å². The number of aliphatic imine (C=N–C) groups is 1. The molecule has 2 fully saturated rings. The lowest BCUT2D eigenvalue weighted by Gasteiger charge is -2.29. The Bertz CT molecular complexity index is 641. The Morgan fingerprint density at radius 2 is 2.03 bits per heavy atom. The van der Waals surface area contributed by atoms with Crippen molar-refractivity contribution < 1.29 is 14.2 Å². The third-order valence-corrected chi connectivity index (χ3v) is 5.41. The molecule has 0 amide bonds. The van der Waals surface area contributed by atoms with Gasteiger partial charge in [0.25, 0.3) is 0 Å². The first-order valence-corrected chi connectivity index (χ1v) is 10.9. The SMILES string of the molecule is CCNC(=NCCCOc1cccc(OC)c1)N1CCC(CN2CCOCC2)C1.I. The van der Waals surface area contributed by atoms with Gasteiger partial charge in [0, 0.05) is 58.3 Å². The normalized spacial score (nSPS) is 20.0. The number of morpholine rings is 1. The second-order valence-corrected chi connectivity index (χ2v) is 7.63. The van der Waals surface area contributed by atoms with Crippen LogP contribution in [0.1, 0.15) is 19.8 Å². The summed E-state index contributed by atoms with van der Waals surface area (Å²) in [5.41, 5.74) is 0. The molecule has 0 aromatic heterocycles. The van der Waals surface area contributed by atoms with Crippen LogP contribution in [-0.2, 0) is 4.74 Å². The fourth-order valence-electron chi connectivity index (χ4n) is 3.88. The quantitative estimate of drug-likeness (QED) is 0.229. The number of likely N-dealkylation sites (tertiary alicyclic amines) is 1. The van der Waals surface area contributed by atoms with E-state index in [1.165, 1.54) is 13.0 Å². The Labute approximate surface area is 198 Å². The number of hydrogen-bond acceptors (Lipinski definition) is 5. The van der Waals surface area contributed by atoms with Crippen LogP contribution in [-0.4, -0.2) is 88.5 Å². The Balaban J connectivity index is 0.00000320. The van der Waals surface area contributed by atoms with E-state index in [9.17, 15) is 0 Å². The highest BCUT2D eigenvalue weighted by Gasteiger charge is 2.27. The monoisotopic (exact) mass is 532 g/mol. The molecule has 30 heavy (non-hydrogen) atoms. The van der Waals surface area contributed by atoms with Gasteiger partial charge in [-0.15, -0.1) is 24.0 Å². The smallest absolute Gasteiger partial charge is 0.193 e. The molecule has 1 atom stereocenters. The van der Waals surface area contributed by atoms with Crippen LogP contribution in [0.2, 0.25) is 0 Å². The maximum atomic E-state index is 5.82. The summed E-state index contributed by atoms with van der Waals surface area (Å²) in [6.07, 6.45) is 2.12. The number of halogens is 1. The van der Waals surface area contributed by atoms with E-state index in [1.54, 1.807) is 7.11 Å². The summed E-state index contributed by atoms with van der Waals surface area (Å²) in [6, 6.07) is 7.72. The minimum Gasteiger partial charge on any atom is -0.497 e. The number of methoxy groups -OCH3 is 1. The Morgan fingerprint density at radius 1 is 1.23 bits per heavy atom. The lowest BCUT2D eigenvalue weighted by Crippen LogP contribution is -2.42. The predicted octanol–water partition coefficient (Wildman–Crippen LogP) is 2.70. The molecule has 170 valence electrons. The first-order chi connectivity index (χ1) is 14.3. The van der Waals surface area contributed by atoms with Gasteiger partial charge in [0.2, 0.25) is 0 Å². The Kier molecular flexibility index (Phi) is 11.6. The van der Waals surface area contributed by atoms with Crippen LogP contribution in [0.3, 0.4) is 0 Å². The zero-order valence-corrected chi connectivity index (χ0v) is 20.7. The molecular weight excluding hydrogens is 495 g/mol. The van der Waals surface area contributed by atoms with Gasteiger partial charge in [0.05, 0.1) is 26.9 Å². The number of nitrogens with one attached hydrogen (secondary N) is 1. The van der Waals surface area contributed by atoms with Gasteiger partial charge in [-0.3, -0.25) is 9.89 Å². The van der Waals surface area contributed by atoms with Gasteiger partial charge in [0.1, 0.15) is 11.5 Å². The molecule has 0 aliphatic carbocycles. The summed E-state index contributed by atoms with van der Waals surface area (Å²) >= 11 is 0. The second kappa shape index (κ2) is 13.9. The van der Waals surface area contributed by atoms with Crippen molar-refractivity contribution in [3.8, 4) is 11.5 Å². The zero-order chi connectivity index (χ0) is 20.3. The minimum atomic E-state index is 0. The molecule has 7 nitrogen and oxygen atoms in total. The zero-order valence-electron chi connectivity index (χ0n) is 18.3. The molecule has 1 unspecified atom stereocenters. The molecule has 8 heteroatoms. The molecule has 3 rings (SSSR count). The van der Waals surface area contributed by atoms with E-state index in [-0.39, 0.29) is 24.0 Å². The van der Waals surface area contributed by atoms with Gasteiger partial charge in [-0.05, 0) is 31.4 Å². The molecule has 2 aliphatic heterocycles. The lowest BCUT2D eigenvalue weighted by molar-refractivity contribution is 0.0315. The molecule has 2 heterocycles. The summed E-state index contributed by atoms with van der Waals surface area (Å²) in [4.78, 5) is 9.79. The number of nitrogens with zero attached hydrogens (tertiary/aromatic N) is 3. The lowest BCUT2D eigenvalue weighted by atomic mass is 10.1. The Hall–Kier alpha value is -1.26. The fourth-order valence-corrected chi connectivity index (χ4v) is 3.88. The average molecular weight is 532 g/mol. The molecule has 1 aromatic carbocycles. The van der Waals surface area contributed by atoms with Crippen molar-refractivity contribution in [2.75, 3.05) is 72.7 Å². The minimum absolute atomic E-state index is 0. The molecule has 0 bridgehead atoms. The van der Waals surface area contributed by atoms with Gasteiger partial charge in [-0.1, -0.05) is 6.07 Å². The number of rotatable bonds is 9. The van der Waals surface area contributed by atoms with Crippen LogP contribution in [0.5, 0.6) is 11.5 Å². The van der Waals surface area contributed by atoms with Gasteiger partial charge < -0.3 is 24.4 Å². The predicted molar refractivity (Wildman–Crippen MR) is 131 cm³/mol. The Morgan fingerprint density at radius 3 is 2.80 bits per heavy atom. The second-order valence-electron chi connectivity index (χ2n) is 7.63.